The zero-order valence-corrected chi connectivity index (χ0v) is 15.1. The summed E-state index contributed by atoms with van der Waals surface area (Å²) in [6.45, 7) is 6.22. The number of aryl methyl sites for hydroxylation is 1. The van der Waals surface area contributed by atoms with Gasteiger partial charge in [-0.15, -0.1) is 0 Å². The van der Waals surface area contributed by atoms with Crippen molar-refractivity contribution in [2.24, 2.45) is 7.05 Å². The van der Waals surface area contributed by atoms with Crippen LogP contribution in [0.3, 0.4) is 0 Å². The van der Waals surface area contributed by atoms with Gasteiger partial charge in [-0.2, -0.15) is 0 Å². The molecule has 1 aromatic heterocycles. The van der Waals surface area contributed by atoms with Crippen LogP contribution in [0.5, 0.6) is 5.75 Å². The van der Waals surface area contributed by atoms with E-state index in [1.54, 1.807) is 6.20 Å². The number of carbonyl (C=O) groups excluding carboxylic acids is 1. The highest BCUT2D eigenvalue weighted by Gasteiger charge is 2.30. The third-order valence-electron chi connectivity index (χ3n) is 4.35. The van der Waals surface area contributed by atoms with Gasteiger partial charge >= 0.3 is 0 Å². The molecule has 2 heterocycles. The lowest BCUT2D eigenvalue weighted by Crippen LogP contribution is -2.49. The summed E-state index contributed by atoms with van der Waals surface area (Å²) in [6, 6.07) is 7.76. The van der Waals surface area contributed by atoms with Crippen molar-refractivity contribution < 1.29 is 9.53 Å². The summed E-state index contributed by atoms with van der Waals surface area (Å²) in [7, 11) is 1.96. The second-order valence-corrected chi connectivity index (χ2v) is 6.69. The fourth-order valence-electron chi connectivity index (χ4n) is 3.21. The van der Waals surface area contributed by atoms with Gasteiger partial charge in [-0.1, -0.05) is 12.1 Å². The standard InChI is InChI=1S/C19H26N4O2/c1-14(2)25-16-6-4-5-15(11-16)12-18(24)23-10-7-20-13-17(23)19-21-8-9-22(19)3/h4-6,8-9,11,14,17,20H,7,10,12-13H2,1-3H3. The van der Waals surface area contributed by atoms with E-state index in [0.29, 0.717) is 13.0 Å². The van der Waals surface area contributed by atoms with Gasteiger partial charge in [-0.25, -0.2) is 4.98 Å². The molecule has 1 aliphatic rings. The van der Waals surface area contributed by atoms with Crippen molar-refractivity contribution >= 4 is 5.91 Å². The summed E-state index contributed by atoms with van der Waals surface area (Å²) in [5, 5.41) is 3.36. The number of imidazole rings is 1. The van der Waals surface area contributed by atoms with Crippen LogP contribution in [0.25, 0.3) is 0 Å². The highest BCUT2D eigenvalue weighted by molar-refractivity contribution is 5.79. The molecule has 1 N–H and O–H groups in total. The van der Waals surface area contributed by atoms with Gasteiger partial charge in [0.1, 0.15) is 17.6 Å². The molecule has 6 heteroatoms. The molecule has 3 rings (SSSR count). The van der Waals surface area contributed by atoms with Gasteiger partial charge in [0.05, 0.1) is 12.5 Å². The Morgan fingerprint density at radius 3 is 3.00 bits per heavy atom. The first kappa shape index (κ1) is 17.5. The van der Waals surface area contributed by atoms with E-state index in [1.165, 1.54) is 0 Å². The SMILES string of the molecule is CC(C)Oc1cccc(CC(=O)N2CCNCC2c2nccn2C)c1. The summed E-state index contributed by atoms with van der Waals surface area (Å²) in [4.78, 5) is 19.3. The van der Waals surface area contributed by atoms with Crippen LogP contribution in [0.15, 0.2) is 36.7 Å². The summed E-state index contributed by atoms with van der Waals surface area (Å²) < 4.78 is 7.71. The number of carbonyl (C=O) groups is 1. The number of amides is 1. The van der Waals surface area contributed by atoms with E-state index in [2.05, 4.69) is 10.3 Å². The minimum atomic E-state index is -0.0312. The van der Waals surface area contributed by atoms with Crippen molar-refractivity contribution in [2.75, 3.05) is 19.6 Å². The first-order chi connectivity index (χ1) is 12.0. The second kappa shape index (κ2) is 7.70. The van der Waals surface area contributed by atoms with Crippen molar-refractivity contribution in [1.82, 2.24) is 19.8 Å². The van der Waals surface area contributed by atoms with Crippen molar-refractivity contribution in [1.29, 1.82) is 0 Å². The van der Waals surface area contributed by atoms with Crippen LogP contribution >= 0.6 is 0 Å². The Kier molecular flexibility index (Phi) is 5.38. The van der Waals surface area contributed by atoms with Crippen LogP contribution in [0.2, 0.25) is 0 Å². The van der Waals surface area contributed by atoms with Crippen LogP contribution in [-0.2, 0) is 18.3 Å². The number of ether oxygens (including phenoxy) is 1. The number of nitrogens with one attached hydrogen (secondary N) is 1. The zero-order chi connectivity index (χ0) is 17.8. The summed E-state index contributed by atoms with van der Waals surface area (Å²) >= 11 is 0. The predicted molar refractivity (Wildman–Crippen MR) is 96.4 cm³/mol. The molecular weight excluding hydrogens is 316 g/mol. The fourth-order valence-corrected chi connectivity index (χ4v) is 3.21. The van der Waals surface area contributed by atoms with E-state index in [9.17, 15) is 4.79 Å². The Morgan fingerprint density at radius 2 is 2.28 bits per heavy atom. The maximum absolute atomic E-state index is 12.9. The van der Waals surface area contributed by atoms with E-state index < -0.39 is 0 Å². The average Bonchev–Trinajstić information content (AvgIpc) is 3.00. The zero-order valence-electron chi connectivity index (χ0n) is 15.1. The minimum Gasteiger partial charge on any atom is -0.491 e. The highest BCUT2D eigenvalue weighted by atomic mass is 16.5. The van der Waals surface area contributed by atoms with E-state index in [1.807, 2.05) is 60.8 Å². The Morgan fingerprint density at radius 1 is 1.44 bits per heavy atom. The lowest BCUT2D eigenvalue weighted by Gasteiger charge is -2.36. The molecule has 1 unspecified atom stereocenters. The van der Waals surface area contributed by atoms with Crippen LogP contribution in [0, 0.1) is 0 Å². The lowest BCUT2D eigenvalue weighted by atomic mass is 10.1. The van der Waals surface area contributed by atoms with Crippen LogP contribution in [-0.4, -0.2) is 46.1 Å². The lowest BCUT2D eigenvalue weighted by molar-refractivity contribution is -0.134. The Balaban J connectivity index is 1.74. The first-order valence-electron chi connectivity index (χ1n) is 8.77. The summed E-state index contributed by atoms with van der Waals surface area (Å²) in [6.07, 6.45) is 4.18. The van der Waals surface area contributed by atoms with Gasteiger partial charge < -0.3 is 19.5 Å². The first-order valence-corrected chi connectivity index (χ1v) is 8.77. The molecule has 1 aromatic carbocycles. The fraction of sp³-hybridized carbons (Fsp3) is 0.474. The Hall–Kier alpha value is -2.34. The molecule has 6 nitrogen and oxygen atoms in total. The third-order valence-corrected chi connectivity index (χ3v) is 4.35. The second-order valence-electron chi connectivity index (χ2n) is 6.69. The number of aromatic nitrogens is 2. The van der Waals surface area contributed by atoms with Crippen LogP contribution in [0.4, 0.5) is 0 Å². The monoisotopic (exact) mass is 342 g/mol. The van der Waals surface area contributed by atoms with Crippen molar-refractivity contribution in [3.8, 4) is 5.75 Å². The molecular formula is C19H26N4O2. The largest absolute Gasteiger partial charge is 0.491 e. The van der Waals surface area contributed by atoms with Crippen molar-refractivity contribution in [3.05, 3.63) is 48.0 Å². The van der Waals surface area contributed by atoms with E-state index >= 15 is 0 Å². The van der Waals surface area contributed by atoms with Crippen LogP contribution in [0.1, 0.15) is 31.3 Å². The van der Waals surface area contributed by atoms with Gasteiger partial charge in [0.2, 0.25) is 5.91 Å². The number of benzene rings is 1. The molecule has 1 fully saturated rings. The minimum absolute atomic E-state index is 0.0312. The van der Waals surface area contributed by atoms with E-state index in [0.717, 1.165) is 30.2 Å². The normalized spacial score (nSPS) is 17.8. The van der Waals surface area contributed by atoms with Gasteiger partial charge in [0, 0.05) is 39.1 Å². The number of hydrogen-bond donors (Lipinski definition) is 1. The van der Waals surface area contributed by atoms with Crippen molar-refractivity contribution in [2.45, 2.75) is 32.4 Å². The molecule has 2 aromatic rings. The topological polar surface area (TPSA) is 59.4 Å². The summed E-state index contributed by atoms with van der Waals surface area (Å²) in [5.41, 5.74) is 0.972. The maximum Gasteiger partial charge on any atom is 0.227 e. The van der Waals surface area contributed by atoms with Gasteiger partial charge in [-0.3, -0.25) is 4.79 Å². The third kappa shape index (κ3) is 4.20. The van der Waals surface area contributed by atoms with Crippen LogP contribution < -0.4 is 10.1 Å². The van der Waals surface area contributed by atoms with E-state index in [4.69, 9.17) is 4.74 Å². The maximum atomic E-state index is 12.9. The number of piperazine rings is 1. The molecule has 0 saturated carbocycles. The molecule has 0 spiro atoms. The van der Waals surface area contributed by atoms with Gasteiger partial charge in [0.15, 0.2) is 0 Å². The quantitative estimate of drug-likeness (QED) is 0.902. The number of hydrogen-bond acceptors (Lipinski definition) is 4. The number of rotatable bonds is 5. The molecule has 1 aliphatic heterocycles. The molecule has 134 valence electrons. The molecule has 1 saturated heterocycles. The molecule has 0 radical (unpaired) electrons. The van der Waals surface area contributed by atoms with Gasteiger partial charge in [0.25, 0.3) is 0 Å². The Labute approximate surface area is 148 Å². The summed E-state index contributed by atoms with van der Waals surface area (Å²) in [5.74, 6) is 1.84. The molecule has 0 bridgehead atoms. The molecule has 1 amide bonds. The predicted octanol–water partition coefficient (Wildman–Crippen LogP) is 1.92. The van der Waals surface area contributed by atoms with Crippen molar-refractivity contribution in [3.63, 3.8) is 0 Å². The molecule has 25 heavy (non-hydrogen) atoms. The highest BCUT2D eigenvalue weighted by Crippen LogP contribution is 2.22. The molecule has 1 atom stereocenters. The smallest absolute Gasteiger partial charge is 0.227 e. The van der Waals surface area contributed by atoms with Gasteiger partial charge in [-0.05, 0) is 31.5 Å². The Bertz CT molecular complexity index is 726. The molecule has 0 aliphatic carbocycles. The average molecular weight is 342 g/mol. The van der Waals surface area contributed by atoms with E-state index in [-0.39, 0.29) is 18.1 Å². The number of nitrogens with zero attached hydrogens (tertiary/aromatic N) is 3.